The normalized spacial score (nSPS) is 26.8. The van der Waals surface area contributed by atoms with Crippen LogP contribution in [0.2, 0.25) is 0 Å². The molecule has 1 aromatic rings. The van der Waals surface area contributed by atoms with E-state index >= 15 is 0 Å². The molecular weight excluding hydrogens is 342 g/mol. The highest BCUT2D eigenvalue weighted by molar-refractivity contribution is 5.97. The van der Waals surface area contributed by atoms with Gasteiger partial charge in [0.2, 0.25) is 0 Å². The summed E-state index contributed by atoms with van der Waals surface area (Å²) in [4.78, 5) is 24.2. The van der Waals surface area contributed by atoms with Crippen LogP contribution in [0.1, 0.15) is 57.3 Å². The van der Waals surface area contributed by atoms with Crippen molar-refractivity contribution in [3.63, 3.8) is 0 Å². The first-order valence-electron chi connectivity index (χ1n) is 9.65. The Labute approximate surface area is 160 Å². The Morgan fingerprint density at radius 3 is 2.48 bits per heavy atom. The molecule has 0 radical (unpaired) electrons. The van der Waals surface area contributed by atoms with Gasteiger partial charge >= 0.3 is 0 Å². The second-order valence-electron chi connectivity index (χ2n) is 8.23. The van der Waals surface area contributed by atoms with Crippen molar-refractivity contribution in [2.24, 2.45) is 21.8 Å². The van der Waals surface area contributed by atoms with Crippen LogP contribution in [-0.4, -0.2) is 30.7 Å². The lowest BCUT2D eigenvalue weighted by molar-refractivity contribution is -0.120. The predicted molar refractivity (Wildman–Crippen MR) is 105 cm³/mol. The van der Waals surface area contributed by atoms with Crippen LogP contribution in [0.5, 0.6) is 5.75 Å². The van der Waals surface area contributed by atoms with Crippen LogP contribution in [-0.2, 0) is 4.79 Å². The van der Waals surface area contributed by atoms with Crippen LogP contribution in [0, 0.1) is 16.7 Å². The van der Waals surface area contributed by atoms with Gasteiger partial charge in [-0.05, 0) is 61.8 Å². The monoisotopic (exact) mass is 371 g/mol. The van der Waals surface area contributed by atoms with Gasteiger partial charge in [0, 0.05) is 16.7 Å². The molecule has 146 valence electrons. The van der Waals surface area contributed by atoms with Gasteiger partial charge in [0.1, 0.15) is 5.75 Å². The lowest BCUT2D eigenvalue weighted by atomic mass is 9.70. The van der Waals surface area contributed by atoms with E-state index in [0.29, 0.717) is 23.8 Å². The van der Waals surface area contributed by atoms with Crippen molar-refractivity contribution < 1.29 is 14.3 Å². The number of carbonyl (C=O) groups is 2. The van der Waals surface area contributed by atoms with Crippen LogP contribution in [0.25, 0.3) is 0 Å². The molecule has 0 heterocycles. The smallest absolute Gasteiger partial charge is 0.259 e. The summed E-state index contributed by atoms with van der Waals surface area (Å²) in [5.41, 5.74) is 4.46. The molecule has 2 aliphatic rings. The highest BCUT2D eigenvalue weighted by atomic mass is 16.5. The van der Waals surface area contributed by atoms with Gasteiger partial charge in [0.05, 0.1) is 13.2 Å². The molecule has 2 amide bonds. The third kappa shape index (κ3) is 3.57. The molecule has 27 heavy (non-hydrogen) atoms. The van der Waals surface area contributed by atoms with Gasteiger partial charge in [0.25, 0.3) is 11.8 Å². The van der Waals surface area contributed by atoms with E-state index < -0.39 is 0 Å². The fraction of sp³-hybridized carbons (Fsp3) is 0.571. The third-order valence-corrected chi connectivity index (χ3v) is 6.66. The van der Waals surface area contributed by atoms with Crippen LogP contribution in [0.3, 0.4) is 0 Å². The first-order valence-corrected chi connectivity index (χ1v) is 9.65. The summed E-state index contributed by atoms with van der Waals surface area (Å²) in [5, 5.41) is 7.03. The molecule has 6 nitrogen and oxygen atoms in total. The first kappa shape index (κ1) is 19.4. The Morgan fingerprint density at radius 1 is 1.22 bits per heavy atom. The first-order chi connectivity index (χ1) is 12.8. The largest absolute Gasteiger partial charge is 0.494 e. The topological polar surface area (TPSA) is 79.8 Å². The van der Waals surface area contributed by atoms with Crippen molar-refractivity contribution in [1.29, 1.82) is 0 Å². The van der Waals surface area contributed by atoms with E-state index in [4.69, 9.17) is 4.74 Å². The van der Waals surface area contributed by atoms with Crippen LogP contribution in [0.15, 0.2) is 29.4 Å². The molecule has 6 heteroatoms. The van der Waals surface area contributed by atoms with Gasteiger partial charge in [0.15, 0.2) is 0 Å². The molecule has 0 aromatic heterocycles. The zero-order valence-corrected chi connectivity index (χ0v) is 16.6. The maximum absolute atomic E-state index is 12.2. The zero-order valence-electron chi connectivity index (χ0n) is 16.6. The summed E-state index contributed by atoms with van der Waals surface area (Å²) >= 11 is 0. The molecule has 0 saturated heterocycles. The number of nitrogens with one attached hydrogen (secondary N) is 2. The van der Waals surface area contributed by atoms with E-state index in [1.807, 2.05) is 6.92 Å². The minimum Gasteiger partial charge on any atom is -0.494 e. The molecule has 1 aromatic carbocycles. The third-order valence-electron chi connectivity index (χ3n) is 6.66. The molecule has 0 aliphatic heterocycles. The van der Waals surface area contributed by atoms with Crippen molar-refractivity contribution in [3.8, 4) is 5.75 Å². The number of ether oxygens (including phenoxy) is 1. The van der Waals surface area contributed by atoms with Crippen molar-refractivity contribution >= 4 is 17.5 Å². The van der Waals surface area contributed by atoms with Crippen molar-refractivity contribution in [2.45, 2.75) is 47.0 Å². The average Bonchev–Trinajstić information content (AvgIpc) is 2.98. The molecule has 2 N–H and O–H groups in total. The molecule has 2 fully saturated rings. The predicted octanol–water partition coefficient (Wildman–Crippen LogP) is 3.13. The Kier molecular flexibility index (Phi) is 5.27. The molecule has 2 atom stereocenters. The minimum absolute atomic E-state index is 0.0521. The van der Waals surface area contributed by atoms with Crippen LogP contribution in [0.4, 0.5) is 0 Å². The van der Waals surface area contributed by atoms with Crippen molar-refractivity contribution in [1.82, 2.24) is 10.7 Å². The number of carbonyl (C=O) groups excluding carboxylic acids is 2. The standard InChI is InChI=1S/C21H29N3O3/c1-5-27-16-8-6-14(7-9-16)19(26)22-13-18(25)24-23-17-12-15-10-11-21(17,4)20(15,2)3/h6-9,15H,5,10-13H2,1-4H3,(H,22,26)(H,24,25)/b23-17-/t15-,21+/m0/s1. The summed E-state index contributed by atoms with van der Waals surface area (Å²) in [6.07, 6.45) is 3.30. The van der Waals surface area contributed by atoms with E-state index in [1.165, 1.54) is 6.42 Å². The Bertz CT molecular complexity index is 754. The van der Waals surface area contributed by atoms with E-state index in [-0.39, 0.29) is 29.2 Å². The molecule has 0 unspecified atom stereocenters. The Balaban J connectivity index is 1.51. The fourth-order valence-electron chi connectivity index (χ4n) is 4.40. The summed E-state index contributed by atoms with van der Waals surface area (Å²) in [5.74, 6) is 0.738. The van der Waals surface area contributed by atoms with Crippen LogP contribution >= 0.6 is 0 Å². The van der Waals surface area contributed by atoms with Gasteiger partial charge in [-0.2, -0.15) is 5.10 Å². The maximum atomic E-state index is 12.2. The second kappa shape index (κ2) is 7.33. The number of benzene rings is 1. The van der Waals surface area contributed by atoms with Gasteiger partial charge in [-0.1, -0.05) is 20.8 Å². The number of hydrogen-bond donors (Lipinski definition) is 2. The molecule has 2 bridgehead atoms. The van der Waals surface area contributed by atoms with Gasteiger partial charge < -0.3 is 10.1 Å². The summed E-state index contributed by atoms with van der Waals surface area (Å²) in [7, 11) is 0. The van der Waals surface area contributed by atoms with Gasteiger partial charge in [-0.3, -0.25) is 9.59 Å². The van der Waals surface area contributed by atoms with E-state index in [9.17, 15) is 9.59 Å². The van der Waals surface area contributed by atoms with Crippen molar-refractivity contribution in [2.75, 3.05) is 13.2 Å². The molecule has 3 rings (SSSR count). The molecular formula is C21H29N3O3. The fourth-order valence-corrected chi connectivity index (χ4v) is 4.40. The average molecular weight is 371 g/mol. The Morgan fingerprint density at radius 2 is 1.93 bits per heavy atom. The number of nitrogens with zero attached hydrogens (tertiary/aromatic N) is 1. The Hall–Kier alpha value is -2.37. The van der Waals surface area contributed by atoms with E-state index in [1.54, 1.807) is 24.3 Å². The van der Waals surface area contributed by atoms with Gasteiger partial charge in [-0.25, -0.2) is 5.43 Å². The highest BCUT2D eigenvalue weighted by Crippen LogP contribution is 2.63. The van der Waals surface area contributed by atoms with Crippen molar-refractivity contribution in [3.05, 3.63) is 29.8 Å². The van der Waals surface area contributed by atoms with E-state index in [0.717, 1.165) is 18.6 Å². The number of hydrazone groups is 1. The SMILES string of the molecule is CCOc1ccc(C(=O)NCC(=O)N/N=C2/C[C@@H]3CC[C@@]2(C)C3(C)C)cc1. The minimum atomic E-state index is -0.314. The molecule has 0 spiro atoms. The molecule has 2 aliphatic carbocycles. The highest BCUT2D eigenvalue weighted by Gasteiger charge is 2.59. The van der Waals surface area contributed by atoms with Gasteiger partial charge in [-0.15, -0.1) is 0 Å². The number of hydrogen-bond acceptors (Lipinski definition) is 4. The lowest BCUT2D eigenvalue weighted by Gasteiger charge is -2.34. The maximum Gasteiger partial charge on any atom is 0.259 e. The summed E-state index contributed by atoms with van der Waals surface area (Å²) < 4.78 is 5.35. The molecule has 2 saturated carbocycles. The lowest BCUT2D eigenvalue weighted by Crippen LogP contribution is -2.37. The van der Waals surface area contributed by atoms with Crippen LogP contribution < -0.4 is 15.5 Å². The zero-order chi connectivity index (χ0) is 19.7. The van der Waals surface area contributed by atoms with E-state index in [2.05, 4.69) is 36.6 Å². The summed E-state index contributed by atoms with van der Waals surface area (Å²) in [6.45, 7) is 9.22. The number of rotatable bonds is 6. The number of fused-ring (bicyclic) bond motifs is 2. The second-order valence-corrected chi connectivity index (χ2v) is 8.23. The number of amides is 2. The summed E-state index contributed by atoms with van der Waals surface area (Å²) in [6, 6.07) is 6.83. The quantitative estimate of drug-likeness (QED) is 0.754.